The SMILES string of the molecule is C/C=C\C1=C(C)C2(CCCCC2)c2cccc(C)c21. The van der Waals surface area contributed by atoms with E-state index in [-0.39, 0.29) is 0 Å². The molecule has 0 aliphatic heterocycles. The summed E-state index contributed by atoms with van der Waals surface area (Å²) < 4.78 is 0. The summed E-state index contributed by atoms with van der Waals surface area (Å²) in [6, 6.07) is 6.89. The van der Waals surface area contributed by atoms with Crippen LogP contribution in [-0.2, 0) is 5.41 Å². The molecule has 1 saturated carbocycles. The number of aryl methyl sites for hydroxylation is 1. The van der Waals surface area contributed by atoms with Crippen LogP contribution in [0.5, 0.6) is 0 Å². The van der Waals surface area contributed by atoms with Crippen LogP contribution in [0, 0.1) is 6.92 Å². The predicted octanol–water partition coefficient (Wildman–Crippen LogP) is 5.56. The van der Waals surface area contributed by atoms with Crippen LogP contribution < -0.4 is 0 Å². The monoisotopic (exact) mass is 252 g/mol. The minimum absolute atomic E-state index is 0.356. The lowest BCUT2D eigenvalue weighted by Gasteiger charge is -2.36. The summed E-state index contributed by atoms with van der Waals surface area (Å²) in [5, 5.41) is 0. The molecule has 0 bridgehead atoms. The molecule has 1 fully saturated rings. The van der Waals surface area contributed by atoms with Gasteiger partial charge >= 0.3 is 0 Å². The minimum atomic E-state index is 0.356. The molecule has 0 heteroatoms. The highest BCUT2D eigenvalue weighted by Crippen LogP contribution is 2.54. The summed E-state index contributed by atoms with van der Waals surface area (Å²) in [6.45, 7) is 6.77. The van der Waals surface area contributed by atoms with Gasteiger partial charge in [0.2, 0.25) is 0 Å². The summed E-state index contributed by atoms with van der Waals surface area (Å²) in [4.78, 5) is 0. The van der Waals surface area contributed by atoms with E-state index < -0.39 is 0 Å². The summed E-state index contributed by atoms with van der Waals surface area (Å²) in [5.74, 6) is 0. The molecule has 19 heavy (non-hydrogen) atoms. The summed E-state index contributed by atoms with van der Waals surface area (Å²) in [7, 11) is 0. The average molecular weight is 252 g/mol. The summed E-state index contributed by atoms with van der Waals surface area (Å²) >= 11 is 0. The number of allylic oxidation sites excluding steroid dienone is 4. The molecule has 0 aromatic heterocycles. The van der Waals surface area contributed by atoms with Crippen molar-refractivity contribution in [3.63, 3.8) is 0 Å². The smallest absolute Gasteiger partial charge is 0.0174 e. The Balaban J connectivity index is 2.26. The lowest BCUT2D eigenvalue weighted by atomic mass is 9.67. The van der Waals surface area contributed by atoms with E-state index in [9.17, 15) is 0 Å². The normalized spacial score (nSPS) is 21.4. The van der Waals surface area contributed by atoms with Crippen molar-refractivity contribution in [3.8, 4) is 0 Å². The Labute approximate surface area is 117 Å². The van der Waals surface area contributed by atoms with Crippen LogP contribution in [0.3, 0.4) is 0 Å². The van der Waals surface area contributed by atoms with E-state index in [1.54, 1.807) is 11.1 Å². The van der Waals surface area contributed by atoms with Crippen LogP contribution in [0.25, 0.3) is 5.57 Å². The Kier molecular flexibility index (Phi) is 3.12. The minimum Gasteiger partial charge on any atom is -0.0870 e. The van der Waals surface area contributed by atoms with Gasteiger partial charge < -0.3 is 0 Å². The van der Waals surface area contributed by atoms with Crippen molar-refractivity contribution in [2.24, 2.45) is 0 Å². The number of hydrogen-bond donors (Lipinski definition) is 0. The molecule has 100 valence electrons. The molecule has 0 nitrogen and oxygen atoms in total. The maximum Gasteiger partial charge on any atom is 0.0174 e. The first kappa shape index (κ1) is 12.7. The number of fused-ring (bicyclic) bond motifs is 2. The van der Waals surface area contributed by atoms with Crippen LogP contribution in [-0.4, -0.2) is 0 Å². The molecular weight excluding hydrogens is 228 g/mol. The zero-order chi connectivity index (χ0) is 13.5. The number of benzene rings is 1. The van der Waals surface area contributed by atoms with Crippen LogP contribution in [0.4, 0.5) is 0 Å². The molecule has 3 rings (SSSR count). The largest absolute Gasteiger partial charge is 0.0870 e. The second-order valence-electron chi connectivity index (χ2n) is 6.18. The van der Waals surface area contributed by atoms with Crippen LogP contribution in [0.2, 0.25) is 0 Å². The van der Waals surface area contributed by atoms with Crippen LogP contribution in [0.15, 0.2) is 35.9 Å². The lowest BCUT2D eigenvalue weighted by Crippen LogP contribution is -2.28. The molecule has 0 amide bonds. The fraction of sp³-hybridized carbons (Fsp3) is 0.474. The summed E-state index contributed by atoms with van der Waals surface area (Å²) in [5.41, 5.74) is 8.05. The molecule has 1 aromatic carbocycles. The van der Waals surface area contributed by atoms with Crippen molar-refractivity contribution in [1.82, 2.24) is 0 Å². The average Bonchev–Trinajstić information content (AvgIpc) is 2.65. The molecule has 0 atom stereocenters. The third-order valence-electron chi connectivity index (χ3n) is 5.22. The van der Waals surface area contributed by atoms with Gasteiger partial charge in [0.05, 0.1) is 0 Å². The van der Waals surface area contributed by atoms with Crippen LogP contribution >= 0.6 is 0 Å². The Bertz CT molecular complexity index is 551. The maximum atomic E-state index is 2.38. The second kappa shape index (κ2) is 4.67. The Morgan fingerprint density at radius 3 is 2.47 bits per heavy atom. The standard InChI is InChI=1S/C19H24/c1-4-9-16-15(3)19(12-6-5-7-13-19)17-11-8-10-14(2)18(16)17/h4,8-11H,5-7,12-13H2,1-3H3/b9-4-. The Morgan fingerprint density at radius 2 is 1.79 bits per heavy atom. The molecule has 2 aliphatic carbocycles. The van der Waals surface area contributed by atoms with E-state index in [4.69, 9.17) is 0 Å². The molecule has 2 aliphatic rings. The van der Waals surface area contributed by atoms with Crippen molar-refractivity contribution in [2.75, 3.05) is 0 Å². The third kappa shape index (κ3) is 1.73. The van der Waals surface area contributed by atoms with E-state index in [0.29, 0.717) is 5.41 Å². The van der Waals surface area contributed by atoms with E-state index in [1.165, 1.54) is 48.8 Å². The molecule has 1 spiro atoms. The highest BCUT2D eigenvalue weighted by molar-refractivity contribution is 5.87. The quantitative estimate of drug-likeness (QED) is 0.614. The van der Waals surface area contributed by atoms with Gasteiger partial charge in [-0.1, -0.05) is 55.2 Å². The van der Waals surface area contributed by atoms with Gasteiger partial charge in [0.1, 0.15) is 0 Å². The first-order valence-electron chi connectivity index (χ1n) is 7.65. The van der Waals surface area contributed by atoms with Crippen molar-refractivity contribution < 1.29 is 0 Å². The zero-order valence-electron chi connectivity index (χ0n) is 12.4. The molecule has 0 saturated heterocycles. The molecule has 0 N–H and O–H groups in total. The first-order valence-corrected chi connectivity index (χ1v) is 7.65. The van der Waals surface area contributed by atoms with E-state index in [0.717, 1.165) is 0 Å². The molecular formula is C19H24. The van der Waals surface area contributed by atoms with Gasteiger partial charge in [0.25, 0.3) is 0 Å². The first-order chi connectivity index (χ1) is 9.20. The van der Waals surface area contributed by atoms with Crippen LogP contribution in [0.1, 0.15) is 62.6 Å². The summed E-state index contributed by atoms with van der Waals surface area (Å²) in [6.07, 6.45) is 11.4. The van der Waals surface area contributed by atoms with E-state index in [1.807, 2.05) is 0 Å². The van der Waals surface area contributed by atoms with Crippen molar-refractivity contribution >= 4 is 5.57 Å². The number of hydrogen-bond acceptors (Lipinski definition) is 0. The molecule has 0 radical (unpaired) electrons. The predicted molar refractivity (Wildman–Crippen MR) is 83.4 cm³/mol. The third-order valence-corrected chi connectivity index (χ3v) is 5.22. The highest BCUT2D eigenvalue weighted by Gasteiger charge is 2.43. The van der Waals surface area contributed by atoms with E-state index >= 15 is 0 Å². The fourth-order valence-electron chi connectivity index (χ4n) is 4.25. The van der Waals surface area contributed by atoms with Gasteiger partial charge in [0, 0.05) is 5.41 Å². The molecule has 0 heterocycles. The second-order valence-corrected chi connectivity index (χ2v) is 6.18. The van der Waals surface area contributed by atoms with E-state index in [2.05, 4.69) is 51.1 Å². The molecule has 1 aromatic rings. The van der Waals surface area contributed by atoms with Gasteiger partial charge in [-0.15, -0.1) is 0 Å². The van der Waals surface area contributed by atoms with Crippen molar-refractivity contribution in [1.29, 1.82) is 0 Å². The lowest BCUT2D eigenvalue weighted by molar-refractivity contribution is 0.345. The van der Waals surface area contributed by atoms with Gasteiger partial charge in [-0.25, -0.2) is 0 Å². The molecule has 0 unspecified atom stereocenters. The van der Waals surface area contributed by atoms with Gasteiger partial charge in [-0.2, -0.15) is 0 Å². The fourth-order valence-corrected chi connectivity index (χ4v) is 4.25. The van der Waals surface area contributed by atoms with Crippen molar-refractivity contribution in [3.05, 3.63) is 52.6 Å². The zero-order valence-corrected chi connectivity index (χ0v) is 12.4. The van der Waals surface area contributed by atoms with Gasteiger partial charge in [-0.3, -0.25) is 0 Å². The Hall–Kier alpha value is -1.30. The topological polar surface area (TPSA) is 0 Å². The van der Waals surface area contributed by atoms with Crippen molar-refractivity contribution in [2.45, 2.75) is 58.3 Å². The number of rotatable bonds is 1. The maximum absolute atomic E-state index is 2.38. The Morgan fingerprint density at radius 1 is 1.05 bits per heavy atom. The van der Waals surface area contributed by atoms with Gasteiger partial charge in [-0.05, 0) is 55.9 Å². The van der Waals surface area contributed by atoms with Gasteiger partial charge in [0.15, 0.2) is 0 Å². The highest BCUT2D eigenvalue weighted by atomic mass is 14.5.